The van der Waals surface area contributed by atoms with Crippen LogP contribution in [0.2, 0.25) is 0 Å². The lowest BCUT2D eigenvalue weighted by Crippen LogP contribution is -2.46. The van der Waals surface area contributed by atoms with Gasteiger partial charge in [-0.2, -0.15) is 39.2 Å². The molecular formula is C10H6F10O3S. The molecular weight excluding hydrogens is 390 g/mol. The first-order chi connectivity index (χ1) is 10.5. The van der Waals surface area contributed by atoms with Crippen molar-refractivity contribution in [2.24, 2.45) is 0 Å². The molecule has 0 fully saturated rings. The zero-order chi connectivity index (χ0) is 19.4. The molecule has 1 aromatic rings. The normalized spacial score (nSPS) is 14.6. The van der Waals surface area contributed by atoms with Crippen LogP contribution in [0.3, 0.4) is 0 Å². The third kappa shape index (κ3) is 7.81. The molecule has 0 N–H and O–H groups in total. The van der Waals surface area contributed by atoms with Gasteiger partial charge in [-0.25, -0.2) is 9.13 Å². The van der Waals surface area contributed by atoms with Gasteiger partial charge in [-0.15, -0.1) is 0 Å². The van der Waals surface area contributed by atoms with E-state index in [1.807, 2.05) is 0 Å². The lowest BCUT2D eigenvalue weighted by atomic mass is 10.1. The average Bonchev–Trinajstić information content (AvgIpc) is 2.34. The molecule has 0 aliphatic rings. The molecule has 0 heterocycles. The van der Waals surface area contributed by atoms with Gasteiger partial charge in [-0.1, -0.05) is 38.1 Å². The first-order valence-electron chi connectivity index (χ1n) is 5.33. The van der Waals surface area contributed by atoms with Crippen molar-refractivity contribution in [3.05, 3.63) is 35.9 Å². The molecule has 0 radical (unpaired) electrons. The van der Waals surface area contributed by atoms with Crippen LogP contribution in [0.4, 0.5) is 42.9 Å². The van der Waals surface area contributed by atoms with E-state index in [9.17, 15) is 42.9 Å². The number of benzene rings is 1. The maximum atomic E-state index is 13.3. The Hall–Kier alpha value is -1.57. The highest BCUT2D eigenvalue weighted by molar-refractivity contribution is 7.81. The summed E-state index contributed by atoms with van der Waals surface area (Å²) in [7, 11) is -5.67. The van der Waals surface area contributed by atoms with Crippen LogP contribution in [-0.4, -0.2) is 26.8 Å². The molecule has 0 saturated heterocycles. The SMILES string of the molecule is FC(c1ccccc1)C(F)(F)OC(F)(F)C(F)(F)F.O=S(=O)(F)F. The second-order valence-corrected chi connectivity index (χ2v) is 4.59. The van der Waals surface area contributed by atoms with E-state index in [2.05, 4.69) is 4.74 Å². The third-order valence-electron chi connectivity index (χ3n) is 1.98. The van der Waals surface area contributed by atoms with Gasteiger partial charge in [0.05, 0.1) is 0 Å². The van der Waals surface area contributed by atoms with E-state index >= 15 is 0 Å². The second kappa shape index (κ2) is 7.55. The average molecular weight is 396 g/mol. The van der Waals surface area contributed by atoms with Gasteiger partial charge in [0.2, 0.25) is 6.17 Å². The fourth-order valence-corrected chi connectivity index (χ4v) is 1.10. The zero-order valence-electron chi connectivity index (χ0n) is 10.9. The summed E-state index contributed by atoms with van der Waals surface area (Å²) in [5.74, 6) is 0. The van der Waals surface area contributed by atoms with E-state index in [-0.39, 0.29) is 0 Å². The maximum Gasteiger partial charge on any atom is 0.483 e. The molecule has 0 aromatic heterocycles. The largest absolute Gasteiger partial charge is 0.483 e. The predicted octanol–water partition coefficient (Wildman–Crippen LogP) is 4.63. The van der Waals surface area contributed by atoms with Crippen molar-refractivity contribution < 1.29 is 56.0 Å². The predicted molar refractivity (Wildman–Crippen MR) is 58.5 cm³/mol. The lowest BCUT2D eigenvalue weighted by molar-refractivity contribution is -0.465. The fourth-order valence-electron chi connectivity index (χ4n) is 1.10. The second-order valence-electron chi connectivity index (χ2n) is 3.83. The van der Waals surface area contributed by atoms with Crippen molar-refractivity contribution in [3.63, 3.8) is 0 Å². The summed E-state index contributed by atoms with van der Waals surface area (Å²) in [6.45, 7) is 0. The van der Waals surface area contributed by atoms with E-state index in [0.717, 1.165) is 24.3 Å². The molecule has 0 aliphatic heterocycles. The number of halogens is 10. The van der Waals surface area contributed by atoms with Crippen LogP contribution in [0.25, 0.3) is 0 Å². The zero-order valence-corrected chi connectivity index (χ0v) is 11.7. The highest BCUT2D eigenvalue weighted by atomic mass is 32.3. The molecule has 0 amide bonds. The Labute approximate surface area is 128 Å². The van der Waals surface area contributed by atoms with E-state index < -0.39 is 40.7 Å². The standard InChI is InChI=1S/C10H6F8O.F2O2S/c11-7(6-4-2-1-3-5-6)8(12,13)19-10(17,18)9(14,15)16;1-5(2,3)4/h1-5,7H;. The molecule has 140 valence electrons. The van der Waals surface area contributed by atoms with E-state index in [1.54, 1.807) is 0 Å². The summed E-state index contributed by atoms with van der Waals surface area (Å²) in [5.41, 5.74) is -0.787. The Kier molecular flexibility index (Phi) is 7.05. The van der Waals surface area contributed by atoms with Gasteiger partial charge in [-0.3, -0.25) is 0 Å². The summed E-state index contributed by atoms with van der Waals surface area (Å²) in [6, 6.07) is 5.14. The summed E-state index contributed by atoms with van der Waals surface area (Å²) in [4.78, 5) is 0. The van der Waals surface area contributed by atoms with Crippen molar-refractivity contribution >= 4 is 10.6 Å². The highest BCUT2D eigenvalue weighted by Crippen LogP contribution is 2.45. The Morgan fingerprint density at radius 3 is 1.58 bits per heavy atom. The Balaban J connectivity index is 0.000000922. The first kappa shape index (κ1) is 22.4. The quantitative estimate of drug-likeness (QED) is 0.551. The number of alkyl halides is 8. The molecule has 1 rings (SSSR count). The molecule has 0 bridgehead atoms. The van der Waals surface area contributed by atoms with Crippen LogP contribution in [0.5, 0.6) is 0 Å². The Bertz CT molecular complexity index is 606. The Morgan fingerprint density at radius 1 is 0.875 bits per heavy atom. The molecule has 3 nitrogen and oxygen atoms in total. The number of hydrogen-bond donors (Lipinski definition) is 0. The maximum absolute atomic E-state index is 13.3. The van der Waals surface area contributed by atoms with Crippen molar-refractivity contribution in [2.75, 3.05) is 0 Å². The summed E-state index contributed by atoms with van der Waals surface area (Å²) >= 11 is 0. The Morgan fingerprint density at radius 2 is 1.25 bits per heavy atom. The molecule has 0 spiro atoms. The molecule has 1 atom stereocenters. The van der Waals surface area contributed by atoms with Crippen LogP contribution < -0.4 is 0 Å². The minimum Gasteiger partial charge on any atom is -0.245 e. The van der Waals surface area contributed by atoms with E-state index in [1.165, 1.54) is 6.07 Å². The van der Waals surface area contributed by atoms with Crippen LogP contribution in [0.15, 0.2) is 30.3 Å². The molecule has 0 aliphatic carbocycles. The number of rotatable bonds is 4. The summed E-state index contributed by atoms with van der Waals surface area (Å²) in [5, 5.41) is 0. The van der Waals surface area contributed by atoms with Crippen molar-refractivity contribution in [2.45, 2.75) is 24.6 Å². The fraction of sp³-hybridized carbons (Fsp3) is 0.400. The van der Waals surface area contributed by atoms with Crippen molar-refractivity contribution in [3.8, 4) is 0 Å². The van der Waals surface area contributed by atoms with Gasteiger partial charge in [0.15, 0.2) is 0 Å². The van der Waals surface area contributed by atoms with Gasteiger partial charge < -0.3 is 0 Å². The minimum absolute atomic E-state index is 0.787. The van der Waals surface area contributed by atoms with Gasteiger partial charge in [-0.05, 0) is 5.56 Å². The van der Waals surface area contributed by atoms with Gasteiger partial charge in [0.1, 0.15) is 0 Å². The monoisotopic (exact) mass is 396 g/mol. The molecule has 0 saturated carbocycles. The van der Waals surface area contributed by atoms with Crippen LogP contribution >= 0.6 is 0 Å². The van der Waals surface area contributed by atoms with Crippen molar-refractivity contribution in [1.29, 1.82) is 0 Å². The molecule has 24 heavy (non-hydrogen) atoms. The summed E-state index contributed by atoms with van der Waals surface area (Å²) in [6.07, 6.45) is -21.3. The smallest absolute Gasteiger partial charge is 0.245 e. The number of ether oxygens (including phenoxy) is 1. The molecule has 1 unspecified atom stereocenters. The number of hydrogen-bond acceptors (Lipinski definition) is 3. The third-order valence-corrected chi connectivity index (χ3v) is 1.98. The minimum atomic E-state index is -6.37. The van der Waals surface area contributed by atoms with Gasteiger partial charge >= 0.3 is 29.0 Å². The van der Waals surface area contributed by atoms with Gasteiger partial charge in [0, 0.05) is 0 Å². The van der Waals surface area contributed by atoms with Crippen LogP contribution in [-0.2, 0) is 15.3 Å². The van der Waals surface area contributed by atoms with Crippen LogP contribution in [0, 0.1) is 0 Å². The van der Waals surface area contributed by atoms with Crippen molar-refractivity contribution in [1.82, 2.24) is 0 Å². The lowest BCUT2D eigenvalue weighted by Gasteiger charge is -2.27. The van der Waals surface area contributed by atoms with Gasteiger partial charge in [0.25, 0.3) is 0 Å². The van der Waals surface area contributed by atoms with E-state index in [0.29, 0.717) is 0 Å². The van der Waals surface area contributed by atoms with Crippen LogP contribution in [0.1, 0.15) is 11.7 Å². The first-order valence-corrected chi connectivity index (χ1v) is 6.61. The molecule has 1 aromatic carbocycles. The van der Waals surface area contributed by atoms with E-state index in [4.69, 9.17) is 8.42 Å². The highest BCUT2D eigenvalue weighted by Gasteiger charge is 2.65. The summed E-state index contributed by atoms with van der Waals surface area (Å²) < 4.78 is 138. The molecule has 14 heteroatoms. The topological polar surface area (TPSA) is 43.4 Å².